The van der Waals surface area contributed by atoms with Crippen molar-refractivity contribution in [2.75, 3.05) is 13.2 Å². The van der Waals surface area contributed by atoms with Crippen LogP contribution in [0.1, 0.15) is 75.5 Å². The first-order valence-corrected chi connectivity index (χ1v) is 11.5. The molecule has 8 heteroatoms. The molecule has 0 saturated carbocycles. The third kappa shape index (κ3) is 4.91. The smallest absolute Gasteiger partial charge is 0.252 e. The maximum absolute atomic E-state index is 13.0. The molecular weight excluding hydrogens is 404 g/mol. The Morgan fingerprint density at radius 3 is 2.62 bits per heavy atom. The van der Waals surface area contributed by atoms with Crippen LogP contribution in [0, 0.1) is 13.8 Å². The molecule has 1 aromatic carbocycles. The monoisotopic (exact) mass is 440 g/mol. The average molecular weight is 441 g/mol. The van der Waals surface area contributed by atoms with E-state index < -0.39 is 0 Å². The minimum absolute atomic E-state index is 0.0725. The van der Waals surface area contributed by atoms with E-state index in [0.717, 1.165) is 40.7 Å². The van der Waals surface area contributed by atoms with Crippen molar-refractivity contribution in [2.45, 2.75) is 78.9 Å². The van der Waals surface area contributed by atoms with Gasteiger partial charge in [-0.2, -0.15) is 0 Å². The second-order valence-corrected chi connectivity index (χ2v) is 9.26. The van der Waals surface area contributed by atoms with E-state index in [2.05, 4.69) is 72.2 Å². The van der Waals surface area contributed by atoms with Gasteiger partial charge in [0.05, 0.1) is 17.1 Å². The summed E-state index contributed by atoms with van der Waals surface area (Å²) >= 11 is 0. The van der Waals surface area contributed by atoms with Crippen molar-refractivity contribution in [1.29, 1.82) is 0 Å². The van der Waals surface area contributed by atoms with E-state index in [1.165, 1.54) is 0 Å². The van der Waals surface area contributed by atoms with Gasteiger partial charge in [0.25, 0.3) is 5.56 Å². The van der Waals surface area contributed by atoms with Gasteiger partial charge in [0.15, 0.2) is 5.82 Å². The molecular formula is C24H36N6O2. The van der Waals surface area contributed by atoms with Crippen molar-refractivity contribution in [3.05, 3.63) is 51.1 Å². The van der Waals surface area contributed by atoms with Crippen LogP contribution in [0.25, 0.3) is 10.9 Å². The Labute approximate surface area is 189 Å². The zero-order valence-corrected chi connectivity index (χ0v) is 20.1. The van der Waals surface area contributed by atoms with Gasteiger partial charge in [-0.05, 0) is 80.5 Å². The topological polar surface area (TPSA) is 99.9 Å². The summed E-state index contributed by atoms with van der Waals surface area (Å²) in [7, 11) is 0. The van der Waals surface area contributed by atoms with E-state index in [-0.39, 0.29) is 23.7 Å². The number of H-pyrrole nitrogens is 1. The minimum Gasteiger partial charge on any atom is -0.396 e. The summed E-state index contributed by atoms with van der Waals surface area (Å²) in [5.41, 5.74) is 3.51. The van der Waals surface area contributed by atoms with Crippen LogP contribution >= 0.6 is 0 Å². The lowest BCUT2D eigenvalue weighted by Gasteiger charge is -2.33. The quantitative estimate of drug-likeness (QED) is 0.500. The van der Waals surface area contributed by atoms with E-state index in [0.29, 0.717) is 25.1 Å². The number of hydrogen-bond donors (Lipinski definition) is 2. The number of aromatic nitrogens is 5. The molecule has 0 aliphatic heterocycles. The van der Waals surface area contributed by atoms with Crippen molar-refractivity contribution in [3.8, 4) is 0 Å². The standard InChI is InChI=1S/C24H36N6O2/c1-7-20(22-26-27-28-30(22)24(5,6)8-2)29(10-9-11-31)15-19-14-18-13-16(3)12-17(4)21(18)25-23(19)32/h12-14,20,31H,7-11,15H2,1-6H3,(H,25,32)/t20-/m0/s1. The van der Waals surface area contributed by atoms with Gasteiger partial charge in [0, 0.05) is 25.3 Å². The normalized spacial score (nSPS) is 13.2. The highest BCUT2D eigenvalue weighted by Gasteiger charge is 2.30. The van der Waals surface area contributed by atoms with E-state index in [9.17, 15) is 9.90 Å². The molecule has 2 aromatic heterocycles. The average Bonchev–Trinajstić information content (AvgIpc) is 3.24. The molecule has 0 amide bonds. The number of aliphatic hydroxyl groups is 1. The minimum atomic E-state index is -0.218. The molecule has 2 N–H and O–H groups in total. The molecule has 0 saturated heterocycles. The van der Waals surface area contributed by atoms with Gasteiger partial charge in [0.2, 0.25) is 0 Å². The van der Waals surface area contributed by atoms with Crippen molar-refractivity contribution in [2.24, 2.45) is 0 Å². The molecule has 2 heterocycles. The Morgan fingerprint density at radius 1 is 1.22 bits per heavy atom. The second kappa shape index (κ2) is 9.92. The van der Waals surface area contributed by atoms with Crippen LogP contribution < -0.4 is 5.56 Å². The van der Waals surface area contributed by atoms with Gasteiger partial charge in [0.1, 0.15) is 0 Å². The number of aliphatic hydroxyl groups excluding tert-OH is 1. The first kappa shape index (κ1) is 24.1. The molecule has 32 heavy (non-hydrogen) atoms. The zero-order valence-electron chi connectivity index (χ0n) is 20.1. The van der Waals surface area contributed by atoms with Gasteiger partial charge in [-0.25, -0.2) is 4.68 Å². The van der Waals surface area contributed by atoms with E-state index in [1.54, 1.807) is 0 Å². The SMILES string of the molecule is CC[C@@H](c1nnnn1C(C)(C)CC)N(CCCO)Cc1cc2cc(C)cc(C)c2[nH]c1=O. The first-order valence-electron chi connectivity index (χ1n) is 11.5. The number of fused-ring (bicyclic) bond motifs is 1. The molecule has 1 atom stereocenters. The Balaban J connectivity index is 2.03. The third-order valence-corrected chi connectivity index (χ3v) is 6.40. The van der Waals surface area contributed by atoms with Crippen molar-refractivity contribution >= 4 is 10.9 Å². The highest BCUT2D eigenvalue weighted by atomic mass is 16.3. The lowest BCUT2D eigenvalue weighted by Crippen LogP contribution is -2.37. The molecule has 174 valence electrons. The Kier molecular flexibility index (Phi) is 7.46. The fourth-order valence-electron chi connectivity index (χ4n) is 4.27. The van der Waals surface area contributed by atoms with Gasteiger partial charge < -0.3 is 10.1 Å². The highest BCUT2D eigenvalue weighted by molar-refractivity contribution is 5.82. The maximum atomic E-state index is 13.0. The summed E-state index contributed by atoms with van der Waals surface area (Å²) in [5, 5.41) is 23.2. The summed E-state index contributed by atoms with van der Waals surface area (Å²) in [5.74, 6) is 0.793. The van der Waals surface area contributed by atoms with Crippen LogP contribution in [0.15, 0.2) is 23.0 Å². The maximum Gasteiger partial charge on any atom is 0.252 e. The van der Waals surface area contributed by atoms with Gasteiger partial charge in [-0.3, -0.25) is 9.69 Å². The summed E-state index contributed by atoms with van der Waals surface area (Å²) in [4.78, 5) is 18.3. The lowest BCUT2D eigenvalue weighted by atomic mass is 10.0. The Bertz CT molecular complexity index is 1120. The van der Waals surface area contributed by atoms with Gasteiger partial charge >= 0.3 is 0 Å². The summed E-state index contributed by atoms with van der Waals surface area (Å²) in [6.07, 6.45) is 2.29. The molecule has 0 unspecified atom stereocenters. The van der Waals surface area contributed by atoms with Crippen LogP contribution in [0.2, 0.25) is 0 Å². The van der Waals surface area contributed by atoms with E-state index in [4.69, 9.17) is 0 Å². The van der Waals surface area contributed by atoms with Crippen molar-refractivity contribution in [1.82, 2.24) is 30.1 Å². The lowest BCUT2D eigenvalue weighted by molar-refractivity contribution is 0.144. The molecule has 0 fully saturated rings. The summed E-state index contributed by atoms with van der Waals surface area (Å²) < 4.78 is 1.91. The Morgan fingerprint density at radius 2 is 1.97 bits per heavy atom. The number of aryl methyl sites for hydroxylation is 2. The number of tetrazole rings is 1. The van der Waals surface area contributed by atoms with Gasteiger partial charge in [-0.15, -0.1) is 5.10 Å². The van der Waals surface area contributed by atoms with Crippen LogP contribution in [0.4, 0.5) is 0 Å². The molecule has 0 aliphatic carbocycles. The van der Waals surface area contributed by atoms with Crippen molar-refractivity contribution in [3.63, 3.8) is 0 Å². The largest absolute Gasteiger partial charge is 0.396 e. The summed E-state index contributed by atoms with van der Waals surface area (Å²) in [6, 6.07) is 6.10. The fourth-order valence-corrected chi connectivity index (χ4v) is 4.27. The number of nitrogens with zero attached hydrogens (tertiary/aromatic N) is 5. The summed E-state index contributed by atoms with van der Waals surface area (Å²) in [6.45, 7) is 13.7. The molecule has 3 aromatic rings. The van der Waals surface area contributed by atoms with E-state index >= 15 is 0 Å². The van der Waals surface area contributed by atoms with Crippen LogP contribution in [0.5, 0.6) is 0 Å². The highest BCUT2D eigenvalue weighted by Crippen LogP contribution is 2.29. The third-order valence-electron chi connectivity index (χ3n) is 6.40. The number of aromatic amines is 1. The van der Waals surface area contributed by atoms with Crippen molar-refractivity contribution < 1.29 is 5.11 Å². The molecule has 0 bridgehead atoms. The fraction of sp³-hybridized carbons (Fsp3) is 0.583. The first-order chi connectivity index (χ1) is 15.2. The second-order valence-electron chi connectivity index (χ2n) is 9.26. The number of benzene rings is 1. The predicted molar refractivity (Wildman–Crippen MR) is 127 cm³/mol. The molecule has 0 spiro atoms. The number of rotatable bonds is 10. The Hall–Kier alpha value is -2.58. The number of pyridine rings is 1. The molecule has 8 nitrogen and oxygen atoms in total. The molecule has 0 aliphatic rings. The van der Waals surface area contributed by atoms with Crippen LogP contribution in [-0.4, -0.2) is 48.3 Å². The molecule has 3 rings (SSSR count). The molecule has 0 radical (unpaired) electrons. The zero-order chi connectivity index (χ0) is 23.5. The van der Waals surface area contributed by atoms with Gasteiger partial charge in [-0.1, -0.05) is 25.5 Å². The van der Waals surface area contributed by atoms with Crippen LogP contribution in [-0.2, 0) is 12.1 Å². The van der Waals surface area contributed by atoms with E-state index in [1.807, 2.05) is 17.7 Å². The predicted octanol–water partition coefficient (Wildman–Crippen LogP) is 3.61. The number of hydrogen-bond acceptors (Lipinski definition) is 6. The number of nitrogens with one attached hydrogen (secondary N) is 1. The van der Waals surface area contributed by atoms with Crippen LogP contribution in [0.3, 0.4) is 0 Å².